The molecule has 2 aromatic rings. The van der Waals surface area contributed by atoms with E-state index in [9.17, 15) is 14.7 Å². The van der Waals surface area contributed by atoms with Crippen molar-refractivity contribution in [2.75, 3.05) is 0 Å². The summed E-state index contributed by atoms with van der Waals surface area (Å²) in [5.74, 6) is 0.211. The molecule has 1 aromatic heterocycles. The van der Waals surface area contributed by atoms with Crippen LogP contribution in [-0.2, 0) is 5.75 Å². The van der Waals surface area contributed by atoms with E-state index in [0.29, 0.717) is 16.7 Å². The van der Waals surface area contributed by atoms with Gasteiger partial charge in [0.25, 0.3) is 0 Å². The number of phenols is 1. The maximum atomic E-state index is 12.8. The van der Waals surface area contributed by atoms with Crippen molar-refractivity contribution in [2.45, 2.75) is 25.0 Å². The Balaban J connectivity index is 2.09. The van der Waals surface area contributed by atoms with Crippen molar-refractivity contribution in [1.29, 1.82) is 0 Å². The van der Waals surface area contributed by atoms with Crippen LogP contribution in [0.1, 0.15) is 55.5 Å². The fourth-order valence-electron chi connectivity index (χ4n) is 3.43. The molecule has 2 aliphatic rings. The number of aromatic nitrogens is 1. The molecule has 1 N–H and O–H groups in total. The number of benzene rings is 1. The van der Waals surface area contributed by atoms with Gasteiger partial charge in [0.15, 0.2) is 11.6 Å². The maximum absolute atomic E-state index is 12.8. The van der Waals surface area contributed by atoms with Crippen molar-refractivity contribution >= 4 is 23.3 Å². The third-order valence-electron chi connectivity index (χ3n) is 4.35. The Hall–Kier alpha value is -2.01. The largest absolute Gasteiger partial charge is 0.507 e. The van der Waals surface area contributed by atoms with E-state index in [4.69, 9.17) is 0 Å². The van der Waals surface area contributed by atoms with Crippen molar-refractivity contribution in [1.82, 2.24) is 4.57 Å². The minimum absolute atomic E-state index is 0.118. The molecule has 1 aliphatic carbocycles. The number of rotatable bonds is 0. The van der Waals surface area contributed by atoms with Gasteiger partial charge in [-0.15, -0.1) is 11.8 Å². The summed E-state index contributed by atoms with van der Waals surface area (Å²) in [4.78, 5) is 25.6. The summed E-state index contributed by atoms with van der Waals surface area (Å²) >= 11 is 1.75. The topological polar surface area (TPSA) is 59.3 Å². The second-order valence-electron chi connectivity index (χ2n) is 5.42. The van der Waals surface area contributed by atoms with Crippen LogP contribution >= 0.6 is 11.8 Å². The van der Waals surface area contributed by atoms with Crippen LogP contribution in [0.5, 0.6) is 5.75 Å². The lowest BCUT2D eigenvalue weighted by Crippen LogP contribution is -2.21. The highest BCUT2D eigenvalue weighted by Gasteiger charge is 2.40. The Bertz CT molecular complexity index is 835. The van der Waals surface area contributed by atoms with Gasteiger partial charge < -0.3 is 9.67 Å². The Morgan fingerprint density at radius 1 is 1.19 bits per heavy atom. The minimum Gasteiger partial charge on any atom is -0.507 e. The lowest BCUT2D eigenvalue weighted by Gasteiger charge is -2.17. The summed E-state index contributed by atoms with van der Waals surface area (Å²) in [6, 6.07) is 4.66. The van der Waals surface area contributed by atoms with E-state index in [1.807, 2.05) is 6.92 Å². The summed E-state index contributed by atoms with van der Waals surface area (Å²) in [6.45, 7) is 3.96. The summed E-state index contributed by atoms with van der Waals surface area (Å²) in [5.41, 5.74) is 3.22. The molecule has 1 atom stereocenters. The molecule has 0 saturated carbocycles. The standard InChI is InChI=1S/C16H13NO3S/c1-7-12-14(10-6-21-8(2)17(7)10)16(20)13-9(15(12)19)4-3-5-11(13)18/h3-5,8,18H,6H2,1-2H3/t8-/m1/s1. The zero-order valence-corrected chi connectivity index (χ0v) is 12.5. The van der Waals surface area contributed by atoms with E-state index in [0.717, 1.165) is 17.1 Å². The molecule has 5 heteroatoms. The maximum Gasteiger partial charge on any atom is 0.200 e. The van der Waals surface area contributed by atoms with Crippen molar-refractivity contribution in [3.8, 4) is 5.75 Å². The quantitative estimate of drug-likeness (QED) is 0.693. The highest BCUT2D eigenvalue weighted by atomic mass is 32.2. The van der Waals surface area contributed by atoms with Gasteiger partial charge in [-0.3, -0.25) is 9.59 Å². The Kier molecular flexibility index (Phi) is 2.43. The van der Waals surface area contributed by atoms with Crippen molar-refractivity contribution in [2.24, 2.45) is 0 Å². The van der Waals surface area contributed by atoms with Gasteiger partial charge in [-0.1, -0.05) is 12.1 Å². The first-order chi connectivity index (χ1) is 10.0. The molecule has 2 heterocycles. The highest BCUT2D eigenvalue weighted by molar-refractivity contribution is 7.98. The Labute approximate surface area is 125 Å². The summed E-state index contributed by atoms with van der Waals surface area (Å²) in [7, 11) is 0. The number of carbonyl (C=O) groups excluding carboxylic acids is 2. The number of nitrogens with zero attached hydrogens (tertiary/aromatic N) is 1. The second kappa shape index (κ2) is 4.01. The third kappa shape index (κ3) is 1.42. The normalized spacial score (nSPS) is 19.4. The number of fused-ring (bicyclic) bond motifs is 4. The summed E-state index contributed by atoms with van der Waals surface area (Å²) in [6.07, 6.45) is 0. The molecule has 4 nitrogen and oxygen atoms in total. The predicted molar refractivity (Wildman–Crippen MR) is 80.1 cm³/mol. The molecule has 0 bridgehead atoms. The monoisotopic (exact) mass is 299 g/mol. The van der Waals surface area contributed by atoms with Crippen LogP contribution < -0.4 is 0 Å². The van der Waals surface area contributed by atoms with Gasteiger partial charge in [0.1, 0.15) is 5.75 Å². The number of hydrogen-bond donors (Lipinski definition) is 1. The second-order valence-corrected chi connectivity index (χ2v) is 6.72. The SMILES string of the molecule is Cc1c2c(c3n1[C@@H](C)SC3)C(=O)c1c(O)cccc1C2=O. The molecule has 0 radical (unpaired) electrons. The zero-order chi connectivity index (χ0) is 14.9. The first kappa shape index (κ1) is 12.7. The molecule has 1 aromatic carbocycles. The van der Waals surface area contributed by atoms with Crippen LogP contribution in [0.15, 0.2) is 18.2 Å². The fraction of sp³-hybridized carbons (Fsp3) is 0.250. The molecule has 0 saturated heterocycles. The molecule has 0 amide bonds. The van der Waals surface area contributed by atoms with Crippen LogP contribution in [-0.4, -0.2) is 21.2 Å². The number of aromatic hydroxyl groups is 1. The number of phenolic OH excluding ortho intramolecular Hbond substituents is 1. The molecular formula is C16H13NO3S. The Morgan fingerprint density at radius 3 is 2.71 bits per heavy atom. The number of carbonyl (C=O) groups is 2. The van der Waals surface area contributed by atoms with Gasteiger partial charge in [-0.25, -0.2) is 0 Å². The van der Waals surface area contributed by atoms with Gasteiger partial charge in [0.2, 0.25) is 0 Å². The van der Waals surface area contributed by atoms with Crippen LogP contribution in [0.25, 0.3) is 0 Å². The van der Waals surface area contributed by atoms with Crippen LogP contribution in [0.2, 0.25) is 0 Å². The van der Waals surface area contributed by atoms with E-state index in [2.05, 4.69) is 11.5 Å². The van der Waals surface area contributed by atoms with Gasteiger partial charge in [-0.2, -0.15) is 0 Å². The van der Waals surface area contributed by atoms with Crippen LogP contribution in [0, 0.1) is 6.92 Å². The first-order valence-electron chi connectivity index (χ1n) is 6.79. The number of thioether (sulfide) groups is 1. The smallest absolute Gasteiger partial charge is 0.200 e. The van der Waals surface area contributed by atoms with E-state index in [-0.39, 0.29) is 28.3 Å². The van der Waals surface area contributed by atoms with Gasteiger partial charge >= 0.3 is 0 Å². The summed E-state index contributed by atoms with van der Waals surface area (Å²) < 4.78 is 2.08. The van der Waals surface area contributed by atoms with Gasteiger partial charge in [-0.05, 0) is 19.9 Å². The first-order valence-corrected chi connectivity index (χ1v) is 7.84. The lowest BCUT2D eigenvalue weighted by atomic mass is 9.84. The van der Waals surface area contributed by atoms with Gasteiger partial charge in [0.05, 0.1) is 22.1 Å². The highest BCUT2D eigenvalue weighted by Crippen LogP contribution is 2.45. The lowest BCUT2D eigenvalue weighted by molar-refractivity contribution is 0.0976. The molecule has 106 valence electrons. The molecule has 0 fully saturated rings. The third-order valence-corrected chi connectivity index (χ3v) is 5.48. The average molecular weight is 299 g/mol. The predicted octanol–water partition coefficient (Wildman–Crippen LogP) is 3.04. The average Bonchev–Trinajstić information content (AvgIpc) is 2.96. The Morgan fingerprint density at radius 2 is 1.95 bits per heavy atom. The molecular weight excluding hydrogens is 286 g/mol. The van der Waals surface area contributed by atoms with Gasteiger partial charge in [0, 0.05) is 22.7 Å². The molecule has 0 spiro atoms. The zero-order valence-electron chi connectivity index (χ0n) is 11.6. The van der Waals surface area contributed by atoms with Crippen LogP contribution in [0.4, 0.5) is 0 Å². The molecule has 0 unspecified atom stereocenters. The van der Waals surface area contributed by atoms with Crippen molar-refractivity contribution in [3.05, 3.63) is 51.8 Å². The fourth-order valence-corrected chi connectivity index (χ4v) is 4.54. The van der Waals surface area contributed by atoms with Crippen LogP contribution in [0.3, 0.4) is 0 Å². The number of hydrogen-bond acceptors (Lipinski definition) is 4. The van der Waals surface area contributed by atoms with Crippen molar-refractivity contribution in [3.63, 3.8) is 0 Å². The molecule has 4 rings (SSSR count). The van der Waals surface area contributed by atoms with E-state index in [1.165, 1.54) is 6.07 Å². The van der Waals surface area contributed by atoms with E-state index >= 15 is 0 Å². The molecule has 21 heavy (non-hydrogen) atoms. The number of ketones is 2. The minimum atomic E-state index is -0.232. The van der Waals surface area contributed by atoms with E-state index in [1.54, 1.807) is 23.9 Å². The van der Waals surface area contributed by atoms with Crippen molar-refractivity contribution < 1.29 is 14.7 Å². The molecule has 1 aliphatic heterocycles. The summed E-state index contributed by atoms with van der Waals surface area (Å²) in [5, 5.41) is 10.2. The van der Waals surface area contributed by atoms with E-state index < -0.39 is 0 Å².